The summed E-state index contributed by atoms with van der Waals surface area (Å²) in [6.45, 7) is 2.82. The number of aromatic nitrogens is 5. The van der Waals surface area contributed by atoms with Crippen LogP contribution in [-0.4, -0.2) is 62.3 Å². The summed E-state index contributed by atoms with van der Waals surface area (Å²) in [6.07, 6.45) is 3.43. The maximum atomic E-state index is 13.1. The van der Waals surface area contributed by atoms with E-state index in [1.54, 1.807) is 17.1 Å². The van der Waals surface area contributed by atoms with Gasteiger partial charge < -0.3 is 10.1 Å². The molecular formula is C19H21N7O2. The molecule has 0 spiro atoms. The summed E-state index contributed by atoms with van der Waals surface area (Å²) in [5.41, 5.74) is 1.69. The third-order valence-corrected chi connectivity index (χ3v) is 4.61. The molecule has 1 atom stereocenters. The van der Waals surface area contributed by atoms with Crippen molar-refractivity contribution in [2.45, 2.75) is 12.6 Å². The molecule has 9 nitrogen and oxygen atoms in total. The fraction of sp³-hybridized carbons (Fsp3) is 0.316. The van der Waals surface area contributed by atoms with Gasteiger partial charge in [0.1, 0.15) is 6.04 Å². The number of nitrogens with zero attached hydrogens (tertiary/aromatic N) is 6. The normalized spacial score (nSPS) is 15.9. The van der Waals surface area contributed by atoms with Gasteiger partial charge in [0.2, 0.25) is 5.91 Å². The number of morpholine rings is 1. The van der Waals surface area contributed by atoms with E-state index in [1.807, 2.05) is 42.5 Å². The Kier molecular flexibility index (Phi) is 5.64. The highest BCUT2D eigenvalue weighted by molar-refractivity contribution is 5.83. The molecule has 3 heterocycles. The molecule has 1 fully saturated rings. The molecule has 0 bridgehead atoms. The van der Waals surface area contributed by atoms with Crippen LogP contribution in [-0.2, 0) is 16.1 Å². The van der Waals surface area contributed by atoms with Crippen LogP contribution in [0.15, 0.2) is 54.9 Å². The molecule has 1 saturated heterocycles. The van der Waals surface area contributed by atoms with Crippen LogP contribution in [0, 0.1) is 0 Å². The second-order valence-electron chi connectivity index (χ2n) is 6.40. The van der Waals surface area contributed by atoms with Gasteiger partial charge in [-0.05, 0) is 34.2 Å². The largest absolute Gasteiger partial charge is 0.379 e. The van der Waals surface area contributed by atoms with Gasteiger partial charge in [-0.25, -0.2) is 0 Å². The van der Waals surface area contributed by atoms with Gasteiger partial charge in [0.15, 0.2) is 5.82 Å². The number of hydrogen-bond acceptors (Lipinski definition) is 7. The van der Waals surface area contributed by atoms with Gasteiger partial charge in [-0.1, -0.05) is 24.3 Å². The maximum Gasteiger partial charge on any atom is 0.242 e. The third kappa shape index (κ3) is 4.05. The number of tetrazole rings is 1. The summed E-state index contributed by atoms with van der Waals surface area (Å²) in [6, 6.07) is 12.9. The molecule has 0 radical (unpaired) electrons. The van der Waals surface area contributed by atoms with Crippen molar-refractivity contribution in [1.82, 2.24) is 35.4 Å². The molecule has 9 heteroatoms. The molecule has 144 valence electrons. The van der Waals surface area contributed by atoms with Crippen LogP contribution in [0.5, 0.6) is 0 Å². The second kappa shape index (κ2) is 8.68. The number of carbonyl (C=O) groups excluding carboxylic acids is 1. The quantitative estimate of drug-likeness (QED) is 0.675. The third-order valence-electron chi connectivity index (χ3n) is 4.61. The van der Waals surface area contributed by atoms with E-state index in [1.165, 1.54) is 0 Å². The van der Waals surface area contributed by atoms with E-state index in [9.17, 15) is 4.79 Å². The summed E-state index contributed by atoms with van der Waals surface area (Å²) >= 11 is 0. The lowest BCUT2D eigenvalue weighted by atomic mass is 10.1. The monoisotopic (exact) mass is 379 g/mol. The second-order valence-corrected chi connectivity index (χ2v) is 6.40. The molecule has 1 unspecified atom stereocenters. The molecule has 1 aliphatic rings. The smallest absolute Gasteiger partial charge is 0.242 e. The fourth-order valence-electron chi connectivity index (χ4n) is 3.25. The van der Waals surface area contributed by atoms with E-state index in [4.69, 9.17) is 4.74 Å². The predicted octanol–water partition coefficient (Wildman–Crippen LogP) is 0.747. The molecule has 4 rings (SSSR count). The van der Waals surface area contributed by atoms with Crippen molar-refractivity contribution >= 4 is 5.91 Å². The predicted molar refractivity (Wildman–Crippen MR) is 100 cm³/mol. The van der Waals surface area contributed by atoms with E-state index in [-0.39, 0.29) is 12.5 Å². The SMILES string of the molecule is O=C(NCc1nnnn1-c1ccccc1)C(c1cccnc1)N1CCOCC1. The van der Waals surface area contributed by atoms with E-state index in [0.29, 0.717) is 32.1 Å². The first kappa shape index (κ1) is 18.2. The molecule has 1 N–H and O–H groups in total. The topological polar surface area (TPSA) is 98.1 Å². The van der Waals surface area contributed by atoms with Crippen LogP contribution in [0.4, 0.5) is 0 Å². The minimum Gasteiger partial charge on any atom is -0.379 e. The summed E-state index contributed by atoms with van der Waals surface area (Å²) in [5.74, 6) is 0.448. The van der Waals surface area contributed by atoms with Crippen molar-refractivity contribution in [3.05, 3.63) is 66.2 Å². The zero-order chi connectivity index (χ0) is 19.2. The first-order valence-corrected chi connectivity index (χ1v) is 9.15. The van der Waals surface area contributed by atoms with Gasteiger partial charge in [0.05, 0.1) is 25.4 Å². The van der Waals surface area contributed by atoms with Crippen LogP contribution in [0.2, 0.25) is 0 Å². The van der Waals surface area contributed by atoms with Crippen molar-refractivity contribution in [3.8, 4) is 5.69 Å². The minimum absolute atomic E-state index is 0.113. The fourth-order valence-corrected chi connectivity index (χ4v) is 3.25. The number of ether oxygens (including phenoxy) is 1. The molecule has 1 aliphatic heterocycles. The van der Waals surface area contributed by atoms with Crippen LogP contribution < -0.4 is 5.32 Å². The van der Waals surface area contributed by atoms with Crippen molar-refractivity contribution in [2.24, 2.45) is 0 Å². The Morgan fingerprint density at radius 3 is 2.71 bits per heavy atom. The standard InChI is InChI=1S/C19H21N7O2/c27-19(18(15-5-4-8-20-13-15)25-9-11-28-12-10-25)21-14-17-22-23-24-26(17)16-6-2-1-3-7-16/h1-8,13,18H,9-12,14H2,(H,21,27). The molecule has 1 amide bonds. The number of nitrogens with one attached hydrogen (secondary N) is 1. The van der Waals surface area contributed by atoms with Crippen molar-refractivity contribution in [3.63, 3.8) is 0 Å². The van der Waals surface area contributed by atoms with Gasteiger partial charge in [-0.2, -0.15) is 4.68 Å². The van der Waals surface area contributed by atoms with Crippen molar-refractivity contribution < 1.29 is 9.53 Å². The number of carbonyl (C=O) groups is 1. The lowest BCUT2D eigenvalue weighted by molar-refractivity contribution is -0.128. The van der Waals surface area contributed by atoms with Crippen molar-refractivity contribution in [1.29, 1.82) is 0 Å². The first-order valence-electron chi connectivity index (χ1n) is 9.15. The van der Waals surface area contributed by atoms with E-state index < -0.39 is 6.04 Å². The number of pyridine rings is 1. The summed E-state index contributed by atoms with van der Waals surface area (Å²) < 4.78 is 7.05. The number of para-hydroxylation sites is 1. The number of rotatable bonds is 6. The number of amides is 1. The highest BCUT2D eigenvalue weighted by Gasteiger charge is 2.29. The van der Waals surface area contributed by atoms with Gasteiger partial charge >= 0.3 is 0 Å². The average molecular weight is 379 g/mol. The lowest BCUT2D eigenvalue weighted by Gasteiger charge is -2.33. The van der Waals surface area contributed by atoms with Crippen LogP contribution in [0.25, 0.3) is 5.69 Å². The van der Waals surface area contributed by atoms with Gasteiger partial charge in [0.25, 0.3) is 0 Å². The Labute approximate surface area is 162 Å². The Morgan fingerprint density at radius 1 is 1.14 bits per heavy atom. The summed E-state index contributed by atoms with van der Waals surface area (Å²) in [5, 5.41) is 14.8. The molecule has 0 aliphatic carbocycles. The van der Waals surface area contributed by atoms with E-state index in [0.717, 1.165) is 11.3 Å². The zero-order valence-corrected chi connectivity index (χ0v) is 15.3. The van der Waals surface area contributed by atoms with Crippen LogP contribution in [0.3, 0.4) is 0 Å². The van der Waals surface area contributed by atoms with E-state index >= 15 is 0 Å². The van der Waals surface area contributed by atoms with E-state index in [2.05, 4.69) is 30.7 Å². The molecule has 2 aromatic heterocycles. The maximum absolute atomic E-state index is 13.1. The van der Waals surface area contributed by atoms with Gasteiger partial charge in [-0.15, -0.1) is 5.10 Å². The number of benzene rings is 1. The Balaban J connectivity index is 1.50. The average Bonchev–Trinajstić information content (AvgIpc) is 3.23. The lowest BCUT2D eigenvalue weighted by Crippen LogP contribution is -2.45. The highest BCUT2D eigenvalue weighted by Crippen LogP contribution is 2.21. The Bertz CT molecular complexity index is 895. The molecule has 28 heavy (non-hydrogen) atoms. The van der Waals surface area contributed by atoms with Crippen LogP contribution in [0.1, 0.15) is 17.4 Å². The number of hydrogen-bond donors (Lipinski definition) is 1. The minimum atomic E-state index is -0.432. The molecule has 0 saturated carbocycles. The summed E-state index contributed by atoms with van der Waals surface area (Å²) in [7, 11) is 0. The molecule has 3 aromatic rings. The molecule has 1 aromatic carbocycles. The Hall–Kier alpha value is -3.17. The highest BCUT2D eigenvalue weighted by atomic mass is 16.5. The van der Waals surface area contributed by atoms with Crippen LogP contribution >= 0.6 is 0 Å². The first-order chi connectivity index (χ1) is 13.8. The van der Waals surface area contributed by atoms with Gasteiger partial charge in [-0.3, -0.25) is 14.7 Å². The summed E-state index contributed by atoms with van der Waals surface area (Å²) in [4.78, 5) is 19.4. The zero-order valence-electron chi connectivity index (χ0n) is 15.3. The van der Waals surface area contributed by atoms with Gasteiger partial charge in [0, 0.05) is 25.5 Å². The Morgan fingerprint density at radius 2 is 1.96 bits per heavy atom. The van der Waals surface area contributed by atoms with Crippen molar-refractivity contribution in [2.75, 3.05) is 26.3 Å². The molecular weight excluding hydrogens is 358 g/mol.